The van der Waals surface area contributed by atoms with Crippen molar-refractivity contribution < 1.29 is 27.4 Å². The molecule has 2 heterocycles. The number of hydrogen-bond acceptors (Lipinski definition) is 9. The molecule has 2 aliphatic heterocycles. The molecule has 9 rings (SSSR count). The number of hydrogen-bond donors (Lipinski definition) is 0. The summed E-state index contributed by atoms with van der Waals surface area (Å²) < 4.78 is 46.9. The molecule has 0 fully saturated rings. The summed E-state index contributed by atoms with van der Waals surface area (Å²) in [5.74, 6) is 2.69. The Morgan fingerprint density at radius 1 is 0.569 bits per heavy atom. The fraction of sp³-hybridized carbons (Fsp3) is 0.167. The molecule has 7 aromatic rings. The van der Waals surface area contributed by atoms with Crippen LogP contribution in [0.15, 0.2) is 186 Å². The predicted octanol–water partition coefficient (Wildman–Crippen LogP) is 13.6. The van der Waals surface area contributed by atoms with Crippen molar-refractivity contribution in [3.8, 4) is 23.0 Å². The predicted molar refractivity (Wildman–Crippen MR) is 270 cm³/mol. The third-order valence-corrected chi connectivity index (χ3v) is 15.4. The van der Waals surface area contributed by atoms with Crippen LogP contribution in [0.4, 0.5) is 0 Å². The van der Waals surface area contributed by atoms with E-state index in [0.717, 1.165) is 68.1 Å². The number of halogens is 1. The number of nitrogens with zero attached hydrogens (tertiary/aromatic N) is 1. The van der Waals surface area contributed by atoms with Crippen molar-refractivity contribution in [2.75, 3.05) is 34.3 Å². The summed E-state index contributed by atoms with van der Waals surface area (Å²) >= 11 is 6.96. The van der Waals surface area contributed by atoms with Gasteiger partial charge in [0, 0.05) is 29.8 Å². The second-order valence-corrected chi connectivity index (χ2v) is 20.3. The maximum Gasteiger partial charge on any atom is 0.198 e. The third kappa shape index (κ3) is 11.6. The van der Waals surface area contributed by atoms with Gasteiger partial charge in [-0.05, 0) is 150 Å². The van der Waals surface area contributed by atoms with Crippen molar-refractivity contribution in [2.24, 2.45) is 4.99 Å². The minimum Gasteiger partial charge on any atom is -0.493 e. The first-order valence-electron chi connectivity index (χ1n) is 20.8. The van der Waals surface area contributed by atoms with E-state index in [1.807, 2.05) is 80.2 Å². The maximum absolute atomic E-state index is 12.5. The van der Waals surface area contributed by atoms with Gasteiger partial charge in [-0.2, -0.15) is 0 Å². The maximum atomic E-state index is 12.5. The van der Waals surface area contributed by atoms with Crippen molar-refractivity contribution in [3.05, 3.63) is 201 Å². The smallest absolute Gasteiger partial charge is 0.198 e. The van der Waals surface area contributed by atoms with Crippen LogP contribution in [-0.4, -0.2) is 48.4 Å². The van der Waals surface area contributed by atoms with Crippen molar-refractivity contribution in [3.63, 3.8) is 0 Å². The first kappa shape index (κ1) is 47.2. The Labute approximate surface area is 400 Å². The summed E-state index contributed by atoms with van der Waals surface area (Å²) in [6, 6.07) is 48.4. The van der Waals surface area contributed by atoms with Gasteiger partial charge < -0.3 is 18.9 Å². The molecule has 0 aliphatic carbocycles. The number of fused-ring (bicyclic) bond motifs is 4. The number of aryl methyl sites for hydroxylation is 1. The van der Waals surface area contributed by atoms with E-state index in [4.69, 9.17) is 18.9 Å². The van der Waals surface area contributed by atoms with Crippen LogP contribution in [0, 0.1) is 6.92 Å². The summed E-state index contributed by atoms with van der Waals surface area (Å²) in [5.41, 5.74) is 11.2. The average Bonchev–Trinajstić information content (AvgIpc) is 3.34. The Kier molecular flexibility index (Phi) is 15.6. The SMILES string of the molecule is C=C(c1ccc2c(c1)Cc1ccccc1S2)c1ccc(OC)c(OC)c1.CC(=NCS(=O)(=O)c1ccc(C)cc1)c1ccc2c(c1)Cc1ccccc1S2.COc1ccc(Br)cc1OC. The van der Waals surface area contributed by atoms with E-state index in [2.05, 4.69) is 106 Å². The molecule has 0 saturated carbocycles. The van der Waals surface area contributed by atoms with Crippen LogP contribution in [0.5, 0.6) is 23.0 Å². The van der Waals surface area contributed by atoms with Crippen LogP contribution in [0.25, 0.3) is 5.57 Å². The minimum absolute atomic E-state index is 0.240. The van der Waals surface area contributed by atoms with Gasteiger partial charge in [0.2, 0.25) is 0 Å². The van der Waals surface area contributed by atoms with E-state index in [1.54, 1.807) is 52.3 Å². The standard InChI is InChI=1S/C23H21NO2S2.C23H20O2S.C8H9BrO2/c1-16-7-10-21(11-8-16)28(25,26)15-24-17(2)18-9-12-23-20(13-18)14-19-5-3-4-6-22(19)27-23;1-15(17-8-10-20(24-2)21(14-17)25-3)16-9-11-23-19(12-16)13-18-6-4-5-7-22(18)26-23;1-10-7-4-3-6(9)5-8(7)11-2/h3-13H,14-15H2,1-2H3;4-12,14H,1,13H2,2-3H3;3-5H,1-2H3. The molecule has 7 nitrogen and oxygen atoms in total. The van der Waals surface area contributed by atoms with E-state index < -0.39 is 9.84 Å². The van der Waals surface area contributed by atoms with Crippen LogP contribution in [-0.2, 0) is 22.7 Å². The number of benzene rings is 7. The minimum atomic E-state index is -3.43. The second kappa shape index (κ2) is 21.5. The van der Waals surface area contributed by atoms with Crippen molar-refractivity contribution >= 4 is 60.6 Å². The number of aliphatic imine (C=N–C) groups is 1. The topological polar surface area (TPSA) is 83.4 Å². The molecule has 0 amide bonds. The van der Waals surface area contributed by atoms with Gasteiger partial charge in [-0.15, -0.1) is 0 Å². The van der Waals surface area contributed by atoms with Gasteiger partial charge >= 0.3 is 0 Å². The van der Waals surface area contributed by atoms with E-state index in [-0.39, 0.29) is 5.88 Å². The highest BCUT2D eigenvalue weighted by atomic mass is 79.9. The number of ether oxygens (including phenoxy) is 4. The Morgan fingerprint density at radius 3 is 1.60 bits per heavy atom. The summed E-state index contributed by atoms with van der Waals surface area (Å²) in [7, 11) is 3.10. The number of methoxy groups -OCH3 is 4. The molecule has 2 aliphatic rings. The van der Waals surface area contributed by atoms with Crippen molar-refractivity contribution in [1.82, 2.24) is 0 Å². The lowest BCUT2D eigenvalue weighted by atomic mass is 9.95. The van der Waals surface area contributed by atoms with Crippen molar-refractivity contribution in [2.45, 2.75) is 51.2 Å². The Morgan fingerprint density at radius 2 is 1.03 bits per heavy atom. The highest BCUT2D eigenvalue weighted by Crippen LogP contribution is 2.42. The largest absolute Gasteiger partial charge is 0.493 e. The monoisotopic (exact) mass is 983 g/mol. The molecule has 0 radical (unpaired) electrons. The molecular weight excluding hydrogens is 935 g/mol. The molecule has 0 atom stereocenters. The third-order valence-electron chi connectivity index (χ3n) is 11.0. The zero-order valence-corrected chi connectivity index (χ0v) is 41.2. The average molecular weight is 985 g/mol. The molecule has 0 bridgehead atoms. The van der Waals surface area contributed by atoms with E-state index in [0.29, 0.717) is 10.6 Å². The van der Waals surface area contributed by atoms with Gasteiger partial charge in [0.15, 0.2) is 32.8 Å². The Bertz CT molecular complexity index is 2990. The fourth-order valence-electron chi connectivity index (χ4n) is 7.29. The second-order valence-electron chi connectivity index (χ2n) is 15.3. The summed E-state index contributed by atoms with van der Waals surface area (Å²) in [6.45, 7) is 8.12. The molecular formula is C54H50BrNO6S3. The molecule has 0 spiro atoms. The summed E-state index contributed by atoms with van der Waals surface area (Å²) in [4.78, 5) is 9.93. The molecule has 7 aromatic carbocycles. The lowest BCUT2D eigenvalue weighted by Gasteiger charge is -2.20. The molecule has 0 unspecified atom stereocenters. The van der Waals surface area contributed by atoms with Gasteiger partial charge in [0.05, 0.1) is 33.3 Å². The highest BCUT2D eigenvalue weighted by Gasteiger charge is 2.19. The molecule has 65 heavy (non-hydrogen) atoms. The first-order chi connectivity index (χ1) is 31.4. The fourth-order valence-corrected chi connectivity index (χ4v) is 10.8. The van der Waals surface area contributed by atoms with Crippen LogP contribution < -0.4 is 18.9 Å². The zero-order chi connectivity index (χ0) is 46.1. The normalized spacial score (nSPS) is 12.3. The van der Waals surface area contributed by atoms with Gasteiger partial charge in [0.25, 0.3) is 0 Å². The summed E-state index contributed by atoms with van der Waals surface area (Å²) in [6.07, 6.45) is 1.85. The van der Waals surface area contributed by atoms with Gasteiger partial charge in [0.1, 0.15) is 5.88 Å². The molecule has 0 aromatic heterocycles. The summed E-state index contributed by atoms with van der Waals surface area (Å²) in [5, 5.41) is 0. The van der Waals surface area contributed by atoms with Crippen LogP contribution in [0.3, 0.4) is 0 Å². The van der Waals surface area contributed by atoms with Crippen LogP contribution in [0.1, 0.15) is 51.4 Å². The quantitative estimate of drug-likeness (QED) is 0.125. The molecule has 332 valence electrons. The number of sulfone groups is 1. The lowest BCUT2D eigenvalue weighted by Crippen LogP contribution is -2.08. The molecule has 0 N–H and O–H groups in total. The Hall–Kier alpha value is -5.72. The van der Waals surface area contributed by atoms with Gasteiger partial charge in [-0.1, -0.05) is 118 Å². The molecule has 11 heteroatoms. The van der Waals surface area contributed by atoms with Crippen LogP contribution in [0.2, 0.25) is 0 Å². The first-order valence-corrected chi connectivity index (χ1v) is 24.8. The Balaban J connectivity index is 0.000000158. The highest BCUT2D eigenvalue weighted by molar-refractivity contribution is 9.10. The number of rotatable bonds is 10. The van der Waals surface area contributed by atoms with E-state index in [9.17, 15) is 8.42 Å². The van der Waals surface area contributed by atoms with Gasteiger partial charge in [-0.25, -0.2) is 8.42 Å². The lowest BCUT2D eigenvalue weighted by molar-refractivity contribution is 0.354. The van der Waals surface area contributed by atoms with E-state index >= 15 is 0 Å². The van der Waals surface area contributed by atoms with Gasteiger partial charge in [-0.3, -0.25) is 4.99 Å². The van der Waals surface area contributed by atoms with Crippen LogP contribution >= 0.6 is 39.5 Å². The van der Waals surface area contributed by atoms with Crippen molar-refractivity contribution in [1.29, 1.82) is 0 Å². The zero-order valence-electron chi connectivity index (χ0n) is 37.2. The molecule has 0 saturated heterocycles. The van der Waals surface area contributed by atoms with E-state index in [1.165, 1.54) is 41.8 Å².